The van der Waals surface area contributed by atoms with E-state index < -0.39 is 24.8 Å². The van der Waals surface area contributed by atoms with Gasteiger partial charge < -0.3 is 25.3 Å². The highest BCUT2D eigenvalue weighted by Crippen LogP contribution is 2.62. The first-order valence-electron chi connectivity index (χ1n) is 6.33. The van der Waals surface area contributed by atoms with Gasteiger partial charge in [-0.15, -0.1) is 0 Å². The molecule has 3 unspecified atom stereocenters. The van der Waals surface area contributed by atoms with Gasteiger partial charge in [0.05, 0.1) is 6.10 Å². The zero-order chi connectivity index (χ0) is 14.6. The van der Waals surface area contributed by atoms with Crippen LogP contribution in [0.3, 0.4) is 0 Å². The van der Waals surface area contributed by atoms with Crippen molar-refractivity contribution in [2.24, 2.45) is 11.8 Å². The van der Waals surface area contributed by atoms with E-state index in [4.69, 9.17) is 0 Å². The highest BCUT2D eigenvalue weighted by atomic mass is 31.2. The van der Waals surface area contributed by atoms with Gasteiger partial charge in [-0.1, -0.05) is 6.92 Å². The second-order valence-electron chi connectivity index (χ2n) is 5.86. The average molecular weight is 293 g/mol. The summed E-state index contributed by atoms with van der Waals surface area (Å²) in [6.45, 7) is 3.59. The van der Waals surface area contributed by atoms with Crippen LogP contribution in [-0.2, 0) is 9.36 Å². The summed E-state index contributed by atoms with van der Waals surface area (Å²) in [6.07, 6.45) is -0.837. The molecule has 0 spiro atoms. The summed E-state index contributed by atoms with van der Waals surface area (Å²) in [7, 11) is -4.76. The minimum absolute atomic E-state index is 0.0985. The van der Waals surface area contributed by atoms with Crippen molar-refractivity contribution in [2.75, 3.05) is 0 Å². The monoisotopic (exact) mass is 293 g/mol. The molecule has 7 nitrogen and oxygen atoms in total. The van der Waals surface area contributed by atoms with E-state index >= 15 is 0 Å². The molecule has 1 saturated carbocycles. The Hall–Kier alpha value is -0.460. The van der Waals surface area contributed by atoms with Crippen molar-refractivity contribution < 1.29 is 29.4 Å². The molecule has 8 heteroatoms. The molecule has 0 aromatic carbocycles. The number of nitrogens with one attached hydrogen (secondary N) is 1. The Morgan fingerprint density at radius 3 is 2.37 bits per heavy atom. The lowest BCUT2D eigenvalue weighted by Crippen LogP contribution is -2.55. The Balaban J connectivity index is 2.36. The number of aliphatic carboxylic acids is 1. The Morgan fingerprint density at radius 1 is 1.32 bits per heavy atom. The number of aliphatic hydroxyl groups excluding tert-OH is 1. The molecule has 0 amide bonds. The number of carboxylic acids is 1. The van der Waals surface area contributed by atoms with Gasteiger partial charge in [-0.25, -0.2) is 0 Å². The molecule has 19 heavy (non-hydrogen) atoms. The maximum atomic E-state index is 11.6. The minimum Gasteiger partial charge on any atom is -0.480 e. The molecule has 6 atom stereocenters. The van der Waals surface area contributed by atoms with E-state index in [2.05, 4.69) is 5.32 Å². The van der Waals surface area contributed by atoms with Crippen molar-refractivity contribution in [1.82, 2.24) is 5.32 Å². The van der Waals surface area contributed by atoms with Crippen LogP contribution in [0.1, 0.15) is 26.7 Å². The highest BCUT2D eigenvalue weighted by molar-refractivity contribution is 7.54. The first kappa shape index (κ1) is 14.9. The summed E-state index contributed by atoms with van der Waals surface area (Å²) >= 11 is 0. The number of carboxylic acid groups (broad SMARTS) is 1. The average Bonchev–Trinajstić information content (AvgIpc) is 2.66. The Labute approximate surface area is 111 Å². The topological polar surface area (TPSA) is 127 Å². The molecule has 110 valence electrons. The Bertz CT molecular complexity index is 437. The molecule has 1 aliphatic heterocycles. The number of fused-ring (bicyclic) bond motifs is 1. The standard InChI is InChI=1S/C11H20NO6P/c1-5-7-3-11(10(14)15,19(16,17)18)4-8(7)12-6(2)9(5)13/h5-9,12-13H,3-4H2,1-2H3,(H,14,15)(H2,16,17,18)/t5-,6-,7?,8?,9+,11?/m0/s1. The lowest BCUT2D eigenvalue weighted by Gasteiger charge is -2.40. The van der Waals surface area contributed by atoms with E-state index in [1.807, 2.05) is 0 Å². The zero-order valence-electron chi connectivity index (χ0n) is 10.9. The fraction of sp³-hybridized carbons (Fsp3) is 0.909. The lowest BCUT2D eigenvalue weighted by atomic mass is 9.79. The van der Waals surface area contributed by atoms with Gasteiger partial charge in [0.15, 0.2) is 5.16 Å². The maximum absolute atomic E-state index is 11.6. The van der Waals surface area contributed by atoms with Crippen molar-refractivity contribution >= 4 is 13.6 Å². The number of piperidine rings is 1. The normalized spacial score (nSPS) is 46.9. The first-order valence-corrected chi connectivity index (χ1v) is 7.94. The molecule has 1 heterocycles. The van der Waals surface area contributed by atoms with E-state index in [9.17, 15) is 29.4 Å². The molecule has 0 aromatic heterocycles. The molecule has 2 fully saturated rings. The van der Waals surface area contributed by atoms with Crippen LogP contribution in [0.15, 0.2) is 0 Å². The summed E-state index contributed by atoms with van der Waals surface area (Å²) in [5.41, 5.74) is 0. The molecule has 5 N–H and O–H groups in total. The van der Waals surface area contributed by atoms with E-state index in [0.717, 1.165) is 0 Å². The molecule has 2 aliphatic rings. The molecule has 0 bridgehead atoms. The van der Waals surface area contributed by atoms with E-state index in [1.165, 1.54) is 0 Å². The third-order valence-corrected chi connectivity index (χ3v) is 6.48. The fourth-order valence-corrected chi connectivity index (χ4v) is 4.68. The summed E-state index contributed by atoms with van der Waals surface area (Å²) in [5, 5.41) is 20.3. The Morgan fingerprint density at radius 2 is 1.89 bits per heavy atom. The number of aliphatic hydroxyl groups is 1. The lowest BCUT2D eigenvalue weighted by molar-refractivity contribution is -0.140. The van der Waals surface area contributed by atoms with Gasteiger partial charge in [0, 0.05) is 12.1 Å². The highest BCUT2D eigenvalue weighted by Gasteiger charge is 2.63. The number of rotatable bonds is 2. The van der Waals surface area contributed by atoms with Gasteiger partial charge in [0.1, 0.15) is 0 Å². The van der Waals surface area contributed by atoms with Crippen molar-refractivity contribution in [1.29, 1.82) is 0 Å². The quantitative estimate of drug-likeness (QED) is 0.444. The number of hydrogen-bond donors (Lipinski definition) is 5. The maximum Gasteiger partial charge on any atom is 0.342 e. The van der Waals surface area contributed by atoms with Gasteiger partial charge in [-0.2, -0.15) is 0 Å². The van der Waals surface area contributed by atoms with E-state index in [0.29, 0.717) is 0 Å². The van der Waals surface area contributed by atoms with Crippen molar-refractivity contribution in [3.05, 3.63) is 0 Å². The largest absolute Gasteiger partial charge is 0.480 e. The number of carbonyl (C=O) groups is 1. The van der Waals surface area contributed by atoms with Gasteiger partial charge in [0.2, 0.25) is 0 Å². The minimum atomic E-state index is -4.76. The van der Waals surface area contributed by atoms with Crippen molar-refractivity contribution in [3.63, 3.8) is 0 Å². The smallest absolute Gasteiger partial charge is 0.342 e. The summed E-state index contributed by atoms with van der Waals surface area (Å²) < 4.78 is 11.6. The summed E-state index contributed by atoms with van der Waals surface area (Å²) in [4.78, 5) is 30.3. The van der Waals surface area contributed by atoms with Gasteiger partial charge in [-0.05, 0) is 31.6 Å². The predicted octanol–water partition coefficient (Wildman–Crippen LogP) is -0.245. The molecule has 0 aromatic rings. The van der Waals surface area contributed by atoms with Crippen molar-refractivity contribution in [3.8, 4) is 0 Å². The van der Waals surface area contributed by atoms with Gasteiger partial charge in [0.25, 0.3) is 0 Å². The molecule has 2 rings (SSSR count). The molecular weight excluding hydrogens is 273 g/mol. The molecule has 1 saturated heterocycles. The van der Waals surface area contributed by atoms with Crippen LogP contribution >= 0.6 is 7.60 Å². The van der Waals surface area contributed by atoms with Crippen LogP contribution in [0.5, 0.6) is 0 Å². The van der Waals surface area contributed by atoms with Crippen LogP contribution in [0.2, 0.25) is 0 Å². The van der Waals surface area contributed by atoms with Crippen LogP contribution in [0.25, 0.3) is 0 Å². The van der Waals surface area contributed by atoms with E-state index in [1.54, 1.807) is 13.8 Å². The molecule has 1 aliphatic carbocycles. The zero-order valence-corrected chi connectivity index (χ0v) is 11.7. The fourth-order valence-electron chi connectivity index (χ4n) is 3.55. The summed E-state index contributed by atoms with van der Waals surface area (Å²) in [5.74, 6) is -1.88. The van der Waals surface area contributed by atoms with Crippen LogP contribution in [0.4, 0.5) is 0 Å². The second-order valence-corrected chi connectivity index (χ2v) is 7.81. The van der Waals surface area contributed by atoms with Crippen LogP contribution in [-0.4, -0.2) is 49.3 Å². The predicted molar refractivity (Wildman–Crippen MR) is 66.7 cm³/mol. The third-order valence-electron chi connectivity index (χ3n) is 4.81. The number of hydrogen-bond acceptors (Lipinski definition) is 4. The third kappa shape index (κ3) is 2.14. The first-order chi connectivity index (χ1) is 8.60. The van der Waals surface area contributed by atoms with Crippen LogP contribution in [0, 0.1) is 11.8 Å². The van der Waals surface area contributed by atoms with Crippen LogP contribution < -0.4 is 5.32 Å². The van der Waals surface area contributed by atoms with Gasteiger partial charge in [-0.3, -0.25) is 9.36 Å². The second kappa shape index (κ2) is 4.53. The molecular formula is C11H20NO6P. The van der Waals surface area contributed by atoms with Gasteiger partial charge >= 0.3 is 13.6 Å². The SMILES string of the molecule is C[C@@H]1NC2CC(C(=O)O)(P(=O)(O)O)CC2[C@H](C)[C@H]1O. The summed E-state index contributed by atoms with van der Waals surface area (Å²) in [6, 6.07) is -0.491. The van der Waals surface area contributed by atoms with Crippen molar-refractivity contribution in [2.45, 2.75) is 50.0 Å². The molecule has 0 radical (unpaired) electrons. The Kier molecular flexibility index (Phi) is 3.56. The van der Waals surface area contributed by atoms with E-state index in [-0.39, 0.29) is 36.8 Å².